The highest BCUT2D eigenvalue weighted by Gasteiger charge is 2.10. The molecule has 1 aliphatic carbocycles. The molecule has 0 atom stereocenters. The maximum atomic E-state index is 4.67. The molecule has 0 unspecified atom stereocenters. The van der Waals surface area contributed by atoms with Crippen LogP contribution in [0.2, 0.25) is 0 Å². The van der Waals surface area contributed by atoms with Crippen molar-refractivity contribution < 1.29 is 0 Å². The van der Waals surface area contributed by atoms with E-state index in [0.717, 1.165) is 17.6 Å². The normalized spacial score (nSPS) is 13.3. The molecule has 0 radical (unpaired) electrons. The molecule has 1 aromatic heterocycles. The Morgan fingerprint density at radius 3 is 2.19 bits per heavy atom. The summed E-state index contributed by atoms with van der Waals surface area (Å²) in [6, 6.07) is 18.6. The lowest BCUT2D eigenvalue weighted by Crippen LogP contribution is -2.00. The van der Waals surface area contributed by atoms with Gasteiger partial charge in [-0.15, -0.1) is 0 Å². The maximum absolute atomic E-state index is 4.67. The molecule has 1 heterocycles. The van der Waals surface area contributed by atoms with Gasteiger partial charge in [-0.05, 0) is 33.5 Å². The average molecular weight is 402 g/mol. The highest BCUT2D eigenvalue weighted by atomic mass is 79.9. The predicted octanol–water partition coefficient (Wildman–Crippen LogP) is 5.87. The molecule has 26 heavy (non-hydrogen) atoms. The van der Waals surface area contributed by atoms with Crippen molar-refractivity contribution in [1.29, 1.82) is 0 Å². The van der Waals surface area contributed by atoms with Gasteiger partial charge >= 0.3 is 0 Å². The lowest BCUT2D eigenvalue weighted by Gasteiger charge is -2.07. The van der Waals surface area contributed by atoms with Gasteiger partial charge in [-0.25, -0.2) is 15.0 Å². The molecular formula is C22H16BrN3. The number of halogens is 1. The Kier molecular flexibility index (Phi) is 4.84. The summed E-state index contributed by atoms with van der Waals surface area (Å²) in [5, 5.41) is 0. The van der Waals surface area contributed by atoms with Crippen molar-refractivity contribution >= 4 is 21.5 Å². The summed E-state index contributed by atoms with van der Waals surface area (Å²) >= 11 is 3.42. The fourth-order valence-electron chi connectivity index (χ4n) is 2.80. The Hall–Kier alpha value is -2.85. The van der Waals surface area contributed by atoms with Gasteiger partial charge in [0.15, 0.2) is 11.6 Å². The zero-order chi connectivity index (χ0) is 17.8. The van der Waals surface area contributed by atoms with Crippen molar-refractivity contribution in [2.45, 2.75) is 6.42 Å². The van der Waals surface area contributed by atoms with Gasteiger partial charge in [-0.1, -0.05) is 85.0 Å². The second kappa shape index (κ2) is 7.58. The van der Waals surface area contributed by atoms with E-state index < -0.39 is 0 Å². The van der Waals surface area contributed by atoms with Crippen LogP contribution in [0, 0.1) is 0 Å². The highest BCUT2D eigenvalue weighted by Crippen LogP contribution is 2.25. The third-order valence-electron chi connectivity index (χ3n) is 4.11. The molecule has 0 spiro atoms. The third kappa shape index (κ3) is 3.70. The molecule has 0 fully saturated rings. The first-order valence-electron chi connectivity index (χ1n) is 8.41. The minimum absolute atomic E-state index is 0.538. The van der Waals surface area contributed by atoms with Crippen LogP contribution in [0.1, 0.15) is 12.2 Å². The van der Waals surface area contributed by atoms with Crippen molar-refractivity contribution in [3.63, 3.8) is 0 Å². The Morgan fingerprint density at radius 1 is 0.692 bits per heavy atom. The van der Waals surface area contributed by atoms with E-state index in [9.17, 15) is 0 Å². The fraction of sp³-hybridized carbons (Fsp3) is 0.0455. The lowest BCUT2D eigenvalue weighted by atomic mass is 10.0. The number of hydrogen-bond donors (Lipinski definition) is 0. The second-order valence-corrected chi connectivity index (χ2v) is 6.59. The molecule has 0 saturated heterocycles. The lowest BCUT2D eigenvalue weighted by molar-refractivity contribution is 0.992. The molecule has 126 valence electrons. The van der Waals surface area contributed by atoms with Crippen molar-refractivity contribution in [2.24, 2.45) is 0 Å². The van der Waals surface area contributed by atoms with Crippen LogP contribution in [-0.4, -0.2) is 15.0 Å². The van der Waals surface area contributed by atoms with E-state index in [2.05, 4.69) is 67.3 Å². The number of benzene rings is 2. The third-order valence-corrected chi connectivity index (χ3v) is 4.47. The summed E-state index contributed by atoms with van der Waals surface area (Å²) in [7, 11) is 0. The van der Waals surface area contributed by atoms with Crippen LogP contribution in [0.5, 0.6) is 0 Å². The van der Waals surface area contributed by atoms with E-state index in [4.69, 9.17) is 0 Å². The zero-order valence-corrected chi connectivity index (χ0v) is 15.6. The molecule has 0 bridgehead atoms. The Morgan fingerprint density at radius 2 is 1.38 bits per heavy atom. The molecule has 3 aromatic rings. The zero-order valence-electron chi connectivity index (χ0n) is 14.0. The smallest absolute Gasteiger partial charge is 0.200 e. The second-order valence-electron chi connectivity index (χ2n) is 5.88. The van der Waals surface area contributed by atoms with Gasteiger partial charge in [0.1, 0.15) is 0 Å². The van der Waals surface area contributed by atoms with Gasteiger partial charge in [-0.3, -0.25) is 0 Å². The molecule has 1 aliphatic rings. The number of hydrogen-bond acceptors (Lipinski definition) is 3. The minimum atomic E-state index is 0.538. The van der Waals surface area contributed by atoms with Crippen molar-refractivity contribution in [1.82, 2.24) is 15.0 Å². The van der Waals surface area contributed by atoms with E-state index in [0.29, 0.717) is 16.4 Å². The van der Waals surface area contributed by atoms with Crippen LogP contribution in [-0.2, 0) is 0 Å². The molecule has 4 rings (SSSR count). The van der Waals surface area contributed by atoms with Gasteiger partial charge in [0.2, 0.25) is 4.73 Å². The first-order chi connectivity index (χ1) is 12.8. The van der Waals surface area contributed by atoms with Crippen LogP contribution in [0.4, 0.5) is 0 Å². The maximum Gasteiger partial charge on any atom is 0.200 e. The summed E-state index contributed by atoms with van der Waals surface area (Å²) in [5.74, 6) is 1.34. The molecular weight excluding hydrogens is 386 g/mol. The van der Waals surface area contributed by atoms with Crippen molar-refractivity contribution in [3.05, 3.63) is 95.5 Å². The number of allylic oxidation sites excluding steroid dienone is 6. The fourth-order valence-corrected chi connectivity index (χ4v) is 3.13. The van der Waals surface area contributed by atoms with Crippen LogP contribution < -0.4 is 0 Å². The molecule has 0 N–H and O–H groups in total. The van der Waals surface area contributed by atoms with Gasteiger partial charge in [0.25, 0.3) is 0 Å². The molecule has 0 saturated carbocycles. The Bertz CT molecular complexity index is 1000. The predicted molar refractivity (Wildman–Crippen MR) is 109 cm³/mol. The Balaban J connectivity index is 1.69. The number of rotatable bonds is 3. The van der Waals surface area contributed by atoms with Crippen LogP contribution >= 0.6 is 15.9 Å². The van der Waals surface area contributed by atoms with E-state index in [1.807, 2.05) is 48.6 Å². The summed E-state index contributed by atoms with van der Waals surface area (Å²) in [6.07, 6.45) is 11.1. The van der Waals surface area contributed by atoms with Crippen LogP contribution in [0.25, 0.3) is 28.1 Å². The van der Waals surface area contributed by atoms with Gasteiger partial charge in [0.05, 0.1) is 0 Å². The molecule has 0 amide bonds. The van der Waals surface area contributed by atoms with E-state index in [-0.39, 0.29) is 0 Å². The van der Waals surface area contributed by atoms with E-state index in [1.54, 1.807) is 0 Å². The summed E-state index contributed by atoms with van der Waals surface area (Å²) in [6.45, 7) is 0. The van der Waals surface area contributed by atoms with Gasteiger partial charge in [0, 0.05) is 11.1 Å². The SMILES string of the molecule is Brc1nc(C2=CCC=CC=C2)nc(-c2ccc(-c3ccccc3)cc2)n1. The van der Waals surface area contributed by atoms with Gasteiger partial charge in [-0.2, -0.15) is 0 Å². The van der Waals surface area contributed by atoms with E-state index in [1.165, 1.54) is 11.1 Å². The van der Waals surface area contributed by atoms with Crippen molar-refractivity contribution in [3.8, 4) is 22.5 Å². The average Bonchev–Trinajstić information content (AvgIpc) is 2.98. The Labute approximate surface area is 161 Å². The van der Waals surface area contributed by atoms with Crippen molar-refractivity contribution in [2.75, 3.05) is 0 Å². The standard InChI is InChI=1S/C22H16BrN3/c23-22-25-20(18-10-4-1-2-5-11-18)24-21(26-22)19-14-12-17(13-15-19)16-8-6-3-7-9-16/h1-4,6-15H,5H2. The molecule has 2 aromatic carbocycles. The van der Waals surface area contributed by atoms with Crippen LogP contribution in [0.3, 0.4) is 0 Å². The first kappa shape index (κ1) is 16.6. The van der Waals surface area contributed by atoms with Gasteiger partial charge < -0.3 is 0 Å². The number of aromatic nitrogens is 3. The highest BCUT2D eigenvalue weighted by molar-refractivity contribution is 9.10. The minimum Gasteiger partial charge on any atom is -0.208 e. The number of nitrogens with zero attached hydrogens (tertiary/aromatic N) is 3. The van der Waals surface area contributed by atoms with E-state index >= 15 is 0 Å². The topological polar surface area (TPSA) is 38.7 Å². The summed E-state index contributed by atoms with van der Waals surface area (Å²) < 4.78 is 0.538. The summed E-state index contributed by atoms with van der Waals surface area (Å²) in [5.41, 5.74) is 4.33. The monoisotopic (exact) mass is 401 g/mol. The largest absolute Gasteiger partial charge is 0.208 e. The van der Waals surface area contributed by atoms with Crippen LogP contribution in [0.15, 0.2) is 89.7 Å². The molecule has 0 aliphatic heterocycles. The molecule has 4 heteroatoms. The summed E-state index contributed by atoms with van der Waals surface area (Å²) in [4.78, 5) is 13.6. The molecule has 3 nitrogen and oxygen atoms in total. The first-order valence-corrected chi connectivity index (χ1v) is 9.20. The quantitative estimate of drug-likeness (QED) is 0.550.